The number of rotatable bonds is 6. The monoisotopic (exact) mass is 545 g/mol. The summed E-state index contributed by atoms with van der Waals surface area (Å²) in [6.07, 6.45) is 5.13. The highest BCUT2D eigenvalue weighted by molar-refractivity contribution is 9.10. The van der Waals surface area contributed by atoms with Crippen molar-refractivity contribution in [1.29, 1.82) is 0 Å². The minimum Gasteiger partial charge on any atom is -0.402 e. The number of aromatic nitrogens is 2. The summed E-state index contributed by atoms with van der Waals surface area (Å²) >= 11 is 3.54. The van der Waals surface area contributed by atoms with E-state index in [1.54, 1.807) is 25.3 Å². The number of fused-ring (bicyclic) bond motifs is 1. The molecule has 1 aliphatic rings. The zero-order valence-corrected chi connectivity index (χ0v) is 22.8. The Morgan fingerprint density at radius 2 is 1.91 bits per heavy atom. The first kappa shape index (κ1) is 26.9. The molecule has 0 bridgehead atoms. The molecule has 2 aromatic rings. The number of nitrogens with zero attached hydrogens (tertiary/aromatic N) is 3. The molecule has 1 saturated heterocycles. The molecule has 1 aliphatic heterocycles. The SMILES string of the molecule is C/C(N)=C/C(C)=C(\CO)CNC(=O)c1cc(Br)cc2c1cnn2C1CCN(C(=O)C(C)(C)C)CC1. The maximum absolute atomic E-state index is 13.1. The third kappa shape index (κ3) is 6.32. The van der Waals surface area contributed by atoms with Gasteiger partial charge in [-0.25, -0.2) is 0 Å². The second-order valence-corrected chi connectivity index (χ2v) is 11.2. The Hall–Kier alpha value is -2.65. The summed E-state index contributed by atoms with van der Waals surface area (Å²) in [5.41, 5.74) is 8.90. The maximum atomic E-state index is 13.1. The summed E-state index contributed by atoms with van der Waals surface area (Å²) in [4.78, 5) is 27.7. The van der Waals surface area contributed by atoms with Gasteiger partial charge in [0, 0.05) is 40.6 Å². The highest BCUT2D eigenvalue weighted by Gasteiger charge is 2.31. The van der Waals surface area contributed by atoms with Gasteiger partial charge in [-0.1, -0.05) is 36.7 Å². The lowest BCUT2D eigenvalue weighted by molar-refractivity contribution is -0.140. The normalized spacial score (nSPS) is 16.4. The van der Waals surface area contributed by atoms with Crippen LogP contribution < -0.4 is 11.1 Å². The molecule has 1 fully saturated rings. The lowest BCUT2D eigenvalue weighted by atomic mass is 9.93. The number of piperidine rings is 1. The standard InChI is InChI=1S/C26H36BrN5O3/c1-16(10-17(2)28)18(15-33)13-29-24(34)21-11-19(27)12-23-22(21)14-30-32(23)20-6-8-31(9-7-20)25(35)26(3,4)5/h10-12,14,20,33H,6-9,13,15,28H2,1-5H3,(H,29,34)/b17-10-,18-16-. The van der Waals surface area contributed by atoms with E-state index in [1.807, 2.05) is 43.3 Å². The fourth-order valence-corrected chi connectivity index (χ4v) is 4.87. The van der Waals surface area contributed by atoms with Crippen molar-refractivity contribution < 1.29 is 14.7 Å². The van der Waals surface area contributed by atoms with Crippen molar-refractivity contribution in [2.45, 2.75) is 53.5 Å². The van der Waals surface area contributed by atoms with Crippen LogP contribution in [0.5, 0.6) is 0 Å². The molecule has 2 heterocycles. The lowest BCUT2D eigenvalue weighted by Gasteiger charge is -2.36. The first-order valence-electron chi connectivity index (χ1n) is 11.9. The van der Waals surface area contributed by atoms with Gasteiger partial charge in [0.1, 0.15) is 0 Å². The molecule has 0 atom stereocenters. The molecule has 35 heavy (non-hydrogen) atoms. The fourth-order valence-electron chi connectivity index (χ4n) is 4.42. The lowest BCUT2D eigenvalue weighted by Crippen LogP contribution is -2.44. The van der Waals surface area contributed by atoms with Gasteiger partial charge in [0.05, 0.1) is 29.9 Å². The van der Waals surface area contributed by atoms with Crippen LogP contribution >= 0.6 is 15.9 Å². The molecule has 0 aliphatic carbocycles. The van der Waals surface area contributed by atoms with E-state index in [9.17, 15) is 14.7 Å². The molecule has 9 heteroatoms. The van der Waals surface area contributed by atoms with E-state index in [-0.39, 0.29) is 36.4 Å². The molecular weight excluding hydrogens is 510 g/mol. The molecule has 0 radical (unpaired) electrons. The maximum Gasteiger partial charge on any atom is 0.252 e. The molecular formula is C26H36BrN5O3. The van der Waals surface area contributed by atoms with E-state index in [0.29, 0.717) is 29.9 Å². The number of hydrogen-bond acceptors (Lipinski definition) is 5. The van der Waals surface area contributed by atoms with Gasteiger partial charge in [-0.2, -0.15) is 5.10 Å². The van der Waals surface area contributed by atoms with E-state index in [0.717, 1.165) is 33.8 Å². The van der Waals surface area contributed by atoms with E-state index in [4.69, 9.17) is 5.73 Å². The third-order valence-corrected chi connectivity index (χ3v) is 6.78. The van der Waals surface area contributed by atoms with Gasteiger partial charge >= 0.3 is 0 Å². The average molecular weight is 547 g/mol. The molecule has 1 aromatic carbocycles. The van der Waals surface area contributed by atoms with Crippen LogP contribution in [-0.2, 0) is 4.79 Å². The van der Waals surface area contributed by atoms with Crippen molar-refractivity contribution >= 4 is 38.6 Å². The Balaban J connectivity index is 1.80. The Morgan fingerprint density at radius 3 is 2.49 bits per heavy atom. The highest BCUT2D eigenvalue weighted by atomic mass is 79.9. The topological polar surface area (TPSA) is 113 Å². The molecule has 190 valence electrons. The summed E-state index contributed by atoms with van der Waals surface area (Å²) in [5, 5.41) is 18.0. The van der Waals surface area contributed by atoms with Crippen molar-refractivity contribution in [3.8, 4) is 0 Å². The van der Waals surface area contributed by atoms with Crippen LogP contribution in [0.15, 0.2) is 45.7 Å². The largest absolute Gasteiger partial charge is 0.402 e. The average Bonchev–Trinajstić information content (AvgIpc) is 3.21. The van der Waals surface area contributed by atoms with E-state index in [1.165, 1.54) is 0 Å². The van der Waals surface area contributed by atoms with E-state index < -0.39 is 0 Å². The number of nitrogens with one attached hydrogen (secondary N) is 1. The molecule has 0 unspecified atom stereocenters. The number of halogens is 1. The Labute approximate surface area is 215 Å². The van der Waals surface area contributed by atoms with E-state index >= 15 is 0 Å². The Kier molecular flexibility index (Phi) is 8.43. The first-order chi connectivity index (χ1) is 16.4. The first-order valence-corrected chi connectivity index (χ1v) is 12.7. The molecule has 0 saturated carbocycles. The van der Waals surface area contributed by atoms with Gasteiger partial charge in [0.25, 0.3) is 5.91 Å². The molecule has 2 amide bonds. The number of aliphatic hydroxyl groups is 1. The Bertz CT molecular complexity index is 1160. The van der Waals surface area contributed by atoms with Crippen LogP contribution in [0.25, 0.3) is 10.9 Å². The summed E-state index contributed by atoms with van der Waals surface area (Å²) in [7, 11) is 0. The van der Waals surface area contributed by atoms with Crippen molar-refractivity contribution in [3.63, 3.8) is 0 Å². The second kappa shape index (κ2) is 11.0. The van der Waals surface area contributed by atoms with Gasteiger partial charge in [-0.3, -0.25) is 14.3 Å². The molecule has 0 spiro atoms. The molecule has 8 nitrogen and oxygen atoms in total. The predicted octanol–water partition coefficient (Wildman–Crippen LogP) is 3.91. The fraction of sp³-hybridized carbons (Fsp3) is 0.500. The zero-order chi connectivity index (χ0) is 25.9. The minimum atomic E-state index is -0.387. The number of hydrogen-bond donors (Lipinski definition) is 3. The van der Waals surface area contributed by atoms with Crippen molar-refractivity contribution in [2.75, 3.05) is 26.2 Å². The number of amides is 2. The van der Waals surface area contributed by atoms with Crippen LogP contribution in [0, 0.1) is 5.41 Å². The smallest absolute Gasteiger partial charge is 0.252 e. The Morgan fingerprint density at radius 1 is 1.26 bits per heavy atom. The minimum absolute atomic E-state index is 0.152. The number of likely N-dealkylation sites (tertiary alicyclic amines) is 1. The summed E-state index contributed by atoms with van der Waals surface area (Å²) < 4.78 is 2.77. The van der Waals surface area contributed by atoms with Gasteiger partial charge in [0.15, 0.2) is 0 Å². The van der Waals surface area contributed by atoms with Gasteiger partial charge in [-0.15, -0.1) is 0 Å². The van der Waals surface area contributed by atoms with Gasteiger partial charge in [-0.05, 0) is 56.0 Å². The summed E-state index contributed by atoms with van der Waals surface area (Å²) in [6.45, 7) is 10.9. The predicted molar refractivity (Wildman–Crippen MR) is 142 cm³/mol. The molecule has 1 aromatic heterocycles. The van der Waals surface area contributed by atoms with E-state index in [2.05, 4.69) is 26.3 Å². The second-order valence-electron chi connectivity index (χ2n) is 10.3. The number of benzene rings is 1. The van der Waals surface area contributed by atoms with Crippen molar-refractivity contribution in [3.05, 3.63) is 51.3 Å². The quantitative estimate of drug-likeness (QED) is 0.476. The van der Waals surface area contributed by atoms with Crippen LogP contribution in [0.2, 0.25) is 0 Å². The number of carbonyl (C=O) groups excluding carboxylic acids is 2. The number of nitrogens with two attached hydrogens (primary N) is 1. The van der Waals surface area contributed by atoms with Gasteiger partial charge < -0.3 is 21.1 Å². The van der Waals surface area contributed by atoms with Crippen LogP contribution in [-0.4, -0.2) is 57.8 Å². The van der Waals surface area contributed by atoms with Crippen molar-refractivity contribution in [2.24, 2.45) is 11.1 Å². The molecule has 4 N–H and O–H groups in total. The van der Waals surface area contributed by atoms with Crippen LogP contribution in [0.3, 0.4) is 0 Å². The van der Waals surface area contributed by atoms with Crippen molar-refractivity contribution in [1.82, 2.24) is 20.0 Å². The summed E-state index contributed by atoms with van der Waals surface area (Å²) in [6, 6.07) is 3.91. The molecule has 3 rings (SSSR count). The highest BCUT2D eigenvalue weighted by Crippen LogP contribution is 2.31. The zero-order valence-electron chi connectivity index (χ0n) is 21.2. The van der Waals surface area contributed by atoms with Crippen LogP contribution in [0.4, 0.5) is 0 Å². The van der Waals surface area contributed by atoms with Gasteiger partial charge in [0.2, 0.25) is 5.91 Å². The van der Waals surface area contributed by atoms with Crippen LogP contribution in [0.1, 0.15) is 63.9 Å². The third-order valence-electron chi connectivity index (χ3n) is 6.32. The number of carbonyl (C=O) groups is 2. The number of allylic oxidation sites excluding steroid dienone is 3. The summed E-state index contributed by atoms with van der Waals surface area (Å²) in [5.74, 6) is -0.0692. The number of aliphatic hydroxyl groups excluding tert-OH is 1.